The second-order valence-electron chi connectivity index (χ2n) is 5.47. The van der Waals surface area contributed by atoms with Gasteiger partial charge in [-0.15, -0.1) is 0 Å². The molecule has 24 heavy (non-hydrogen) atoms. The van der Waals surface area contributed by atoms with Gasteiger partial charge in [0.05, 0.1) is 18.4 Å². The monoisotopic (exact) mass is 329 g/mol. The molecule has 0 radical (unpaired) electrons. The maximum absolute atomic E-state index is 12.5. The van der Waals surface area contributed by atoms with Gasteiger partial charge >= 0.3 is 0 Å². The van der Waals surface area contributed by atoms with E-state index in [1.54, 1.807) is 25.4 Å². The van der Waals surface area contributed by atoms with Crippen molar-refractivity contribution in [3.63, 3.8) is 0 Å². The van der Waals surface area contributed by atoms with E-state index in [1.807, 2.05) is 38.1 Å². The number of pyridine rings is 1. The number of carbonyl (C=O) groups is 1. The molecule has 6 nitrogen and oxygen atoms in total. The molecule has 0 aliphatic heterocycles. The molecular weight excluding hydrogens is 306 g/mol. The number of para-hydroxylation sites is 2. The van der Waals surface area contributed by atoms with E-state index in [9.17, 15) is 4.79 Å². The van der Waals surface area contributed by atoms with E-state index in [2.05, 4.69) is 15.6 Å². The van der Waals surface area contributed by atoms with Crippen molar-refractivity contribution in [2.45, 2.75) is 20.0 Å². The molecule has 0 atom stereocenters. The van der Waals surface area contributed by atoms with Gasteiger partial charge in [-0.2, -0.15) is 0 Å². The zero-order valence-electron chi connectivity index (χ0n) is 14.2. The minimum absolute atomic E-state index is 0.0283. The molecule has 1 aromatic carbocycles. The third kappa shape index (κ3) is 5.24. The van der Waals surface area contributed by atoms with Crippen LogP contribution in [0.15, 0.2) is 42.6 Å². The lowest BCUT2D eigenvalue weighted by atomic mass is 10.2. The molecule has 128 valence electrons. The van der Waals surface area contributed by atoms with Crippen LogP contribution < -0.4 is 15.4 Å². The molecule has 0 saturated carbocycles. The van der Waals surface area contributed by atoms with Crippen LogP contribution >= 0.6 is 0 Å². The quantitative estimate of drug-likeness (QED) is 0.728. The van der Waals surface area contributed by atoms with Crippen LogP contribution in [0, 0.1) is 0 Å². The number of hydrogen-bond acceptors (Lipinski definition) is 5. The fourth-order valence-corrected chi connectivity index (χ4v) is 2.07. The first kappa shape index (κ1) is 17.7. The molecule has 2 N–H and O–H groups in total. The Balaban J connectivity index is 2.08. The number of amides is 1. The molecule has 1 heterocycles. The fraction of sp³-hybridized carbons (Fsp3) is 0.333. The van der Waals surface area contributed by atoms with Gasteiger partial charge in [0.15, 0.2) is 0 Å². The topological polar surface area (TPSA) is 72.5 Å². The standard InChI is InChI=1S/C18H23N3O3/c1-13(2)24-16-7-5-4-6-15(16)21-18(22)14-8-9-19-17(12-14)20-10-11-23-3/h4-9,12-13H,10-11H2,1-3H3,(H,19,20)(H,21,22). The van der Waals surface area contributed by atoms with Gasteiger partial charge < -0.3 is 20.1 Å². The molecule has 6 heteroatoms. The maximum atomic E-state index is 12.5. The van der Waals surface area contributed by atoms with Crippen LogP contribution in [-0.2, 0) is 4.74 Å². The SMILES string of the molecule is COCCNc1cc(C(=O)Nc2ccccc2OC(C)C)ccn1. The number of carbonyl (C=O) groups excluding carboxylic acids is 1. The lowest BCUT2D eigenvalue weighted by molar-refractivity contribution is 0.102. The summed E-state index contributed by atoms with van der Waals surface area (Å²) in [6.45, 7) is 5.08. The highest BCUT2D eigenvalue weighted by Crippen LogP contribution is 2.25. The zero-order valence-corrected chi connectivity index (χ0v) is 14.2. The Morgan fingerprint density at radius 2 is 2.04 bits per heavy atom. The third-order valence-electron chi connectivity index (χ3n) is 3.13. The van der Waals surface area contributed by atoms with E-state index < -0.39 is 0 Å². The number of aromatic nitrogens is 1. The number of anilines is 2. The van der Waals surface area contributed by atoms with Gasteiger partial charge in [0, 0.05) is 25.4 Å². The van der Waals surface area contributed by atoms with E-state index in [4.69, 9.17) is 9.47 Å². The van der Waals surface area contributed by atoms with E-state index in [0.717, 1.165) is 0 Å². The minimum atomic E-state index is -0.216. The van der Waals surface area contributed by atoms with Gasteiger partial charge in [-0.05, 0) is 38.1 Å². The minimum Gasteiger partial charge on any atom is -0.489 e. The van der Waals surface area contributed by atoms with Gasteiger partial charge in [-0.1, -0.05) is 12.1 Å². The van der Waals surface area contributed by atoms with Crippen LogP contribution in [0.2, 0.25) is 0 Å². The van der Waals surface area contributed by atoms with Crippen LogP contribution in [-0.4, -0.2) is 37.3 Å². The lowest BCUT2D eigenvalue weighted by Crippen LogP contribution is -2.15. The Morgan fingerprint density at radius 3 is 2.79 bits per heavy atom. The molecule has 0 aliphatic rings. The molecule has 2 aromatic rings. The third-order valence-corrected chi connectivity index (χ3v) is 3.13. The lowest BCUT2D eigenvalue weighted by Gasteiger charge is -2.15. The molecule has 0 saturated heterocycles. The van der Waals surface area contributed by atoms with E-state index in [1.165, 1.54) is 0 Å². The molecule has 1 amide bonds. The highest BCUT2D eigenvalue weighted by atomic mass is 16.5. The largest absolute Gasteiger partial charge is 0.489 e. The number of hydrogen-bond donors (Lipinski definition) is 2. The summed E-state index contributed by atoms with van der Waals surface area (Å²) in [5.74, 6) is 1.06. The number of ether oxygens (including phenoxy) is 2. The smallest absolute Gasteiger partial charge is 0.255 e. The van der Waals surface area contributed by atoms with E-state index in [0.29, 0.717) is 36.0 Å². The van der Waals surface area contributed by atoms with Crippen molar-refractivity contribution < 1.29 is 14.3 Å². The van der Waals surface area contributed by atoms with Gasteiger partial charge in [-0.25, -0.2) is 4.98 Å². The number of nitrogens with one attached hydrogen (secondary N) is 2. The second kappa shape index (κ2) is 8.88. The summed E-state index contributed by atoms with van der Waals surface area (Å²) in [5, 5.41) is 5.98. The van der Waals surface area contributed by atoms with Crippen molar-refractivity contribution in [3.8, 4) is 5.75 Å². The highest BCUT2D eigenvalue weighted by Gasteiger charge is 2.11. The Morgan fingerprint density at radius 1 is 1.25 bits per heavy atom. The Labute approximate surface area is 142 Å². The van der Waals surface area contributed by atoms with Crippen LogP contribution in [0.5, 0.6) is 5.75 Å². The summed E-state index contributed by atoms with van der Waals surface area (Å²) < 4.78 is 10.7. The molecule has 0 bridgehead atoms. The molecule has 0 fully saturated rings. The summed E-state index contributed by atoms with van der Waals surface area (Å²) in [5.41, 5.74) is 1.16. The molecular formula is C18H23N3O3. The Bertz CT molecular complexity index is 674. The normalized spacial score (nSPS) is 10.5. The highest BCUT2D eigenvalue weighted by molar-refractivity contribution is 6.05. The Hall–Kier alpha value is -2.60. The van der Waals surface area contributed by atoms with Crippen molar-refractivity contribution in [1.29, 1.82) is 0 Å². The first-order valence-corrected chi connectivity index (χ1v) is 7.86. The summed E-state index contributed by atoms with van der Waals surface area (Å²) in [4.78, 5) is 16.7. The average molecular weight is 329 g/mol. The first-order valence-electron chi connectivity index (χ1n) is 7.86. The van der Waals surface area contributed by atoms with E-state index >= 15 is 0 Å². The van der Waals surface area contributed by atoms with Crippen LogP contribution in [0.3, 0.4) is 0 Å². The zero-order chi connectivity index (χ0) is 17.4. The van der Waals surface area contributed by atoms with Crippen molar-refractivity contribution in [2.75, 3.05) is 30.9 Å². The summed E-state index contributed by atoms with van der Waals surface area (Å²) >= 11 is 0. The molecule has 1 aromatic heterocycles. The Kier molecular flexibility index (Phi) is 6.57. The molecule has 0 unspecified atom stereocenters. The first-order chi connectivity index (χ1) is 11.6. The average Bonchev–Trinajstić information content (AvgIpc) is 2.57. The molecule has 2 rings (SSSR count). The second-order valence-corrected chi connectivity index (χ2v) is 5.47. The van der Waals surface area contributed by atoms with Crippen LogP contribution in [0.4, 0.5) is 11.5 Å². The molecule has 0 aliphatic carbocycles. The molecule has 0 spiro atoms. The van der Waals surface area contributed by atoms with Crippen LogP contribution in [0.1, 0.15) is 24.2 Å². The van der Waals surface area contributed by atoms with Gasteiger partial charge in [0.1, 0.15) is 11.6 Å². The van der Waals surface area contributed by atoms with Crippen molar-refractivity contribution in [1.82, 2.24) is 4.98 Å². The summed E-state index contributed by atoms with van der Waals surface area (Å²) in [6.07, 6.45) is 1.63. The van der Waals surface area contributed by atoms with Crippen LogP contribution in [0.25, 0.3) is 0 Å². The van der Waals surface area contributed by atoms with Gasteiger partial charge in [0.25, 0.3) is 5.91 Å². The van der Waals surface area contributed by atoms with Gasteiger partial charge in [0.2, 0.25) is 0 Å². The predicted molar refractivity (Wildman–Crippen MR) is 94.8 cm³/mol. The van der Waals surface area contributed by atoms with Crippen molar-refractivity contribution >= 4 is 17.4 Å². The fourth-order valence-electron chi connectivity index (χ4n) is 2.07. The van der Waals surface area contributed by atoms with E-state index in [-0.39, 0.29) is 12.0 Å². The van der Waals surface area contributed by atoms with Crippen molar-refractivity contribution in [2.24, 2.45) is 0 Å². The summed E-state index contributed by atoms with van der Waals surface area (Å²) in [6, 6.07) is 10.7. The number of rotatable bonds is 8. The number of nitrogens with zero attached hydrogens (tertiary/aromatic N) is 1. The maximum Gasteiger partial charge on any atom is 0.255 e. The predicted octanol–water partition coefficient (Wildman–Crippen LogP) is 3.18. The van der Waals surface area contributed by atoms with Gasteiger partial charge in [-0.3, -0.25) is 4.79 Å². The summed E-state index contributed by atoms with van der Waals surface area (Å²) in [7, 11) is 1.63. The number of methoxy groups -OCH3 is 1. The van der Waals surface area contributed by atoms with Crippen molar-refractivity contribution in [3.05, 3.63) is 48.2 Å². The number of benzene rings is 1.